The molecule has 0 fully saturated rings. The maximum atomic E-state index is 5.87. The predicted molar refractivity (Wildman–Crippen MR) is 80.7 cm³/mol. The smallest absolute Gasteiger partial charge is 0.279 e. The Morgan fingerprint density at radius 1 is 0.900 bits per heavy atom. The van der Waals surface area contributed by atoms with Crippen LogP contribution < -0.4 is 10.4 Å². The van der Waals surface area contributed by atoms with Crippen molar-refractivity contribution in [2.45, 2.75) is 9.92 Å². The highest BCUT2D eigenvalue weighted by atomic mass is 32.2. The van der Waals surface area contributed by atoms with E-state index in [1.165, 1.54) is 0 Å². The quantitative estimate of drug-likeness (QED) is 0.750. The summed E-state index contributed by atoms with van der Waals surface area (Å²) in [6.45, 7) is 0. The van der Waals surface area contributed by atoms with Gasteiger partial charge in [0.25, 0.3) is 5.03 Å². The van der Waals surface area contributed by atoms with E-state index >= 15 is 0 Å². The summed E-state index contributed by atoms with van der Waals surface area (Å²) in [5.41, 5.74) is 7.55. The van der Waals surface area contributed by atoms with Crippen molar-refractivity contribution < 1.29 is 4.68 Å². The van der Waals surface area contributed by atoms with Gasteiger partial charge in [-0.1, -0.05) is 36.4 Å². The van der Waals surface area contributed by atoms with E-state index in [1.807, 2.05) is 59.3 Å². The number of anilines is 1. The Labute approximate surface area is 122 Å². The van der Waals surface area contributed by atoms with Crippen molar-refractivity contribution in [1.82, 2.24) is 5.10 Å². The summed E-state index contributed by atoms with van der Waals surface area (Å²) < 4.78 is 1.90. The molecule has 0 unspecified atom stereocenters. The van der Waals surface area contributed by atoms with E-state index in [0.29, 0.717) is 5.69 Å². The van der Waals surface area contributed by atoms with E-state index in [2.05, 4.69) is 17.2 Å². The first kappa shape index (κ1) is 12.7. The fraction of sp³-hybridized carbons (Fsp3) is 0. The van der Waals surface area contributed by atoms with Gasteiger partial charge in [-0.3, -0.25) is 0 Å². The summed E-state index contributed by atoms with van der Waals surface area (Å²) in [6, 6.07) is 22.2. The van der Waals surface area contributed by atoms with Gasteiger partial charge >= 0.3 is 0 Å². The molecule has 4 heteroatoms. The van der Waals surface area contributed by atoms with E-state index in [9.17, 15) is 0 Å². The number of benzene rings is 2. The summed E-state index contributed by atoms with van der Waals surface area (Å²) in [5, 5.41) is 5.40. The van der Waals surface area contributed by atoms with Gasteiger partial charge in [0.15, 0.2) is 0 Å². The maximum Gasteiger partial charge on any atom is 0.279 e. The van der Waals surface area contributed by atoms with Crippen LogP contribution in [0.2, 0.25) is 0 Å². The van der Waals surface area contributed by atoms with Gasteiger partial charge in [0.05, 0.1) is 5.69 Å². The van der Waals surface area contributed by atoms with E-state index in [4.69, 9.17) is 5.73 Å². The molecule has 0 aliphatic heterocycles. The number of rotatable bonds is 3. The Balaban J connectivity index is 2.03. The van der Waals surface area contributed by atoms with Crippen molar-refractivity contribution >= 4 is 17.4 Å². The molecule has 0 bridgehead atoms. The number of para-hydroxylation sites is 1. The molecule has 0 saturated heterocycles. The zero-order valence-electron chi connectivity index (χ0n) is 10.8. The summed E-state index contributed by atoms with van der Waals surface area (Å²) in [6.07, 6.45) is 1.67. The number of nitrogen functional groups attached to an aromatic ring is 1. The second-order valence-electron chi connectivity index (χ2n) is 4.29. The standard InChI is InChI=1S/C16H13N3S/c17-13-11-16(20-15-9-5-2-6-10-15)19(18-12-13)14-7-3-1-4-8-14/h1-12,17H/p+1. The Morgan fingerprint density at radius 2 is 1.55 bits per heavy atom. The first-order chi connectivity index (χ1) is 9.83. The van der Waals surface area contributed by atoms with E-state index in [-0.39, 0.29) is 0 Å². The van der Waals surface area contributed by atoms with Crippen LogP contribution in [0, 0.1) is 0 Å². The van der Waals surface area contributed by atoms with Crippen molar-refractivity contribution in [2.75, 3.05) is 5.73 Å². The molecule has 0 radical (unpaired) electrons. The Bertz CT molecular complexity index is 699. The lowest BCUT2D eigenvalue weighted by atomic mass is 10.3. The minimum atomic E-state index is 0.663. The molecule has 98 valence electrons. The third kappa shape index (κ3) is 2.81. The van der Waals surface area contributed by atoms with Gasteiger partial charge in [-0.05, 0) is 28.6 Å². The normalized spacial score (nSPS) is 10.4. The average Bonchev–Trinajstić information content (AvgIpc) is 2.49. The lowest BCUT2D eigenvalue weighted by Crippen LogP contribution is -2.37. The molecule has 2 aromatic carbocycles. The lowest BCUT2D eigenvalue weighted by Gasteiger charge is -2.02. The summed E-state index contributed by atoms with van der Waals surface area (Å²) in [5.74, 6) is 0. The van der Waals surface area contributed by atoms with Crippen molar-refractivity contribution in [3.8, 4) is 5.69 Å². The Kier molecular flexibility index (Phi) is 3.65. The number of hydrogen-bond donors (Lipinski definition) is 1. The molecule has 0 spiro atoms. The van der Waals surface area contributed by atoms with Crippen LogP contribution in [0.3, 0.4) is 0 Å². The first-order valence-electron chi connectivity index (χ1n) is 6.29. The first-order valence-corrected chi connectivity index (χ1v) is 7.11. The molecule has 0 amide bonds. The molecule has 0 aliphatic rings. The molecule has 0 saturated carbocycles. The molecule has 1 heterocycles. The van der Waals surface area contributed by atoms with Crippen molar-refractivity contribution in [3.05, 3.63) is 72.9 Å². The molecule has 3 rings (SSSR count). The van der Waals surface area contributed by atoms with Crippen molar-refractivity contribution in [2.24, 2.45) is 0 Å². The maximum absolute atomic E-state index is 5.87. The highest BCUT2D eigenvalue weighted by Crippen LogP contribution is 2.25. The second-order valence-corrected chi connectivity index (χ2v) is 5.38. The fourth-order valence-electron chi connectivity index (χ4n) is 1.87. The number of nitrogens with zero attached hydrogens (tertiary/aromatic N) is 2. The van der Waals surface area contributed by atoms with Gasteiger partial charge < -0.3 is 5.73 Å². The SMILES string of the molecule is Nc1cn[n+](-c2ccccc2)c(Sc2ccccc2)c1. The summed E-state index contributed by atoms with van der Waals surface area (Å²) in [4.78, 5) is 1.16. The number of hydrogen-bond acceptors (Lipinski definition) is 3. The molecule has 1 aromatic heterocycles. The van der Waals surface area contributed by atoms with Crippen LogP contribution in [-0.4, -0.2) is 5.10 Å². The fourth-order valence-corrected chi connectivity index (χ4v) is 2.84. The van der Waals surface area contributed by atoms with Gasteiger partial charge in [0.1, 0.15) is 6.20 Å². The molecule has 0 aliphatic carbocycles. The number of aromatic nitrogens is 2. The molecule has 20 heavy (non-hydrogen) atoms. The van der Waals surface area contributed by atoms with E-state index in [0.717, 1.165) is 15.6 Å². The van der Waals surface area contributed by atoms with Crippen molar-refractivity contribution in [1.29, 1.82) is 0 Å². The summed E-state index contributed by atoms with van der Waals surface area (Å²) >= 11 is 1.64. The Morgan fingerprint density at radius 3 is 2.25 bits per heavy atom. The lowest BCUT2D eigenvalue weighted by molar-refractivity contribution is -0.697. The topological polar surface area (TPSA) is 42.8 Å². The van der Waals surface area contributed by atoms with Gasteiger partial charge in [0, 0.05) is 28.2 Å². The van der Waals surface area contributed by atoms with Crippen LogP contribution in [0.1, 0.15) is 0 Å². The molecule has 2 N–H and O–H groups in total. The monoisotopic (exact) mass is 280 g/mol. The molecule has 3 aromatic rings. The largest absolute Gasteiger partial charge is 0.397 e. The molecule has 3 nitrogen and oxygen atoms in total. The van der Waals surface area contributed by atoms with E-state index in [1.54, 1.807) is 18.0 Å². The van der Waals surface area contributed by atoms with Crippen LogP contribution in [0.4, 0.5) is 5.69 Å². The van der Waals surface area contributed by atoms with Crippen LogP contribution in [0.5, 0.6) is 0 Å². The van der Waals surface area contributed by atoms with E-state index < -0.39 is 0 Å². The zero-order valence-corrected chi connectivity index (χ0v) is 11.6. The average molecular weight is 280 g/mol. The van der Waals surface area contributed by atoms with Crippen LogP contribution in [-0.2, 0) is 0 Å². The van der Waals surface area contributed by atoms with Crippen LogP contribution in [0.15, 0.2) is 82.8 Å². The zero-order chi connectivity index (χ0) is 13.8. The third-order valence-electron chi connectivity index (χ3n) is 2.79. The minimum absolute atomic E-state index is 0.663. The highest BCUT2D eigenvalue weighted by Gasteiger charge is 2.17. The second kappa shape index (κ2) is 5.75. The highest BCUT2D eigenvalue weighted by molar-refractivity contribution is 7.99. The number of nitrogens with two attached hydrogens (primary N) is 1. The summed E-state index contributed by atoms with van der Waals surface area (Å²) in [7, 11) is 0. The predicted octanol–water partition coefficient (Wildman–Crippen LogP) is 3.09. The van der Waals surface area contributed by atoms with Crippen LogP contribution in [0.25, 0.3) is 5.69 Å². The third-order valence-corrected chi connectivity index (χ3v) is 3.80. The van der Waals surface area contributed by atoms with Gasteiger partial charge in [0.2, 0.25) is 5.69 Å². The van der Waals surface area contributed by atoms with Crippen molar-refractivity contribution in [3.63, 3.8) is 0 Å². The Hall–Kier alpha value is -2.33. The van der Waals surface area contributed by atoms with Crippen LogP contribution >= 0.6 is 11.8 Å². The van der Waals surface area contributed by atoms with Gasteiger partial charge in [-0.15, -0.1) is 0 Å². The molecule has 0 atom stereocenters. The minimum Gasteiger partial charge on any atom is -0.397 e. The van der Waals surface area contributed by atoms with Gasteiger partial charge in [-0.25, -0.2) is 0 Å². The van der Waals surface area contributed by atoms with Gasteiger partial charge in [-0.2, -0.15) is 0 Å². The molecular formula is C16H14N3S+. The molecular weight excluding hydrogens is 266 g/mol.